The van der Waals surface area contributed by atoms with Gasteiger partial charge in [0, 0.05) is 25.1 Å². The van der Waals surface area contributed by atoms with E-state index in [1.165, 1.54) is 11.3 Å². The van der Waals surface area contributed by atoms with E-state index in [2.05, 4.69) is 0 Å². The van der Waals surface area contributed by atoms with E-state index in [9.17, 15) is 9.90 Å². The fourth-order valence-electron chi connectivity index (χ4n) is 3.16. The predicted molar refractivity (Wildman–Crippen MR) is 90.1 cm³/mol. The molecule has 2 atom stereocenters. The van der Waals surface area contributed by atoms with Gasteiger partial charge in [-0.25, -0.2) is 0 Å². The Morgan fingerprint density at radius 3 is 2.73 bits per heavy atom. The SMILES string of the molecule is CN(CC1CCCC1O)C(=O)c1sccc1-c1ccccc1. The van der Waals surface area contributed by atoms with Gasteiger partial charge in [-0.05, 0) is 29.9 Å². The van der Waals surface area contributed by atoms with Gasteiger partial charge in [-0.3, -0.25) is 4.79 Å². The summed E-state index contributed by atoms with van der Waals surface area (Å²) in [5.74, 6) is 0.266. The summed E-state index contributed by atoms with van der Waals surface area (Å²) in [5.41, 5.74) is 2.07. The van der Waals surface area contributed by atoms with E-state index in [-0.39, 0.29) is 17.9 Å². The molecule has 1 heterocycles. The van der Waals surface area contributed by atoms with Crippen molar-refractivity contribution in [1.29, 1.82) is 0 Å². The molecule has 1 N–H and O–H groups in total. The smallest absolute Gasteiger partial charge is 0.264 e. The summed E-state index contributed by atoms with van der Waals surface area (Å²) in [6.45, 7) is 0.631. The minimum atomic E-state index is -0.257. The number of hydrogen-bond donors (Lipinski definition) is 1. The highest BCUT2D eigenvalue weighted by atomic mass is 32.1. The van der Waals surface area contributed by atoms with Crippen LogP contribution >= 0.6 is 11.3 Å². The van der Waals surface area contributed by atoms with Crippen molar-refractivity contribution >= 4 is 17.2 Å². The van der Waals surface area contributed by atoms with Gasteiger partial charge < -0.3 is 10.0 Å². The fourth-order valence-corrected chi connectivity index (χ4v) is 4.07. The van der Waals surface area contributed by atoms with Crippen molar-refractivity contribution in [3.8, 4) is 11.1 Å². The second-order valence-electron chi connectivity index (χ2n) is 5.97. The summed E-state index contributed by atoms with van der Waals surface area (Å²) in [6, 6.07) is 12.0. The highest BCUT2D eigenvalue weighted by Crippen LogP contribution is 2.30. The zero-order valence-corrected chi connectivity index (χ0v) is 13.6. The largest absolute Gasteiger partial charge is 0.393 e. The summed E-state index contributed by atoms with van der Waals surface area (Å²) in [7, 11) is 1.84. The molecule has 1 aromatic heterocycles. The number of benzene rings is 1. The molecule has 0 bridgehead atoms. The molecule has 0 spiro atoms. The molecule has 1 fully saturated rings. The van der Waals surface area contributed by atoms with Gasteiger partial charge in [0.15, 0.2) is 0 Å². The Hall–Kier alpha value is -1.65. The highest BCUT2D eigenvalue weighted by molar-refractivity contribution is 7.12. The van der Waals surface area contributed by atoms with E-state index in [1.54, 1.807) is 4.90 Å². The normalized spacial score (nSPS) is 21.0. The lowest BCUT2D eigenvalue weighted by Gasteiger charge is -2.23. The van der Waals surface area contributed by atoms with E-state index in [4.69, 9.17) is 0 Å². The molecule has 0 radical (unpaired) electrons. The third kappa shape index (κ3) is 3.08. The predicted octanol–water partition coefficient (Wildman–Crippen LogP) is 3.65. The molecule has 3 rings (SSSR count). The van der Waals surface area contributed by atoms with Crippen molar-refractivity contribution in [2.24, 2.45) is 5.92 Å². The average molecular weight is 315 g/mol. The molecular weight excluding hydrogens is 294 g/mol. The van der Waals surface area contributed by atoms with Crippen molar-refractivity contribution in [1.82, 2.24) is 4.90 Å². The number of rotatable bonds is 4. The van der Waals surface area contributed by atoms with Gasteiger partial charge in [0.2, 0.25) is 0 Å². The van der Waals surface area contributed by atoms with E-state index in [0.29, 0.717) is 6.54 Å². The minimum absolute atomic E-state index is 0.0490. The number of hydrogen-bond acceptors (Lipinski definition) is 3. The van der Waals surface area contributed by atoms with Crippen LogP contribution in [0.3, 0.4) is 0 Å². The second-order valence-corrected chi connectivity index (χ2v) is 6.89. The van der Waals surface area contributed by atoms with Crippen LogP contribution in [0.5, 0.6) is 0 Å². The molecule has 4 heteroatoms. The zero-order valence-electron chi connectivity index (χ0n) is 12.7. The molecule has 0 saturated heterocycles. The molecule has 116 valence electrons. The van der Waals surface area contributed by atoms with Gasteiger partial charge in [-0.1, -0.05) is 36.8 Å². The Morgan fingerprint density at radius 2 is 2.05 bits per heavy atom. The van der Waals surface area contributed by atoms with Gasteiger partial charge in [0.05, 0.1) is 11.0 Å². The maximum absolute atomic E-state index is 12.7. The standard InChI is InChI=1S/C18H21NO2S/c1-19(12-14-8-5-9-16(14)20)18(21)17-15(10-11-22-17)13-6-3-2-4-7-13/h2-4,6-7,10-11,14,16,20H,5,8-9,12H2,1H3. The quantitative estimate of drug-likeness (QED) is 0.935. The minimum Gasteiger partial charge on any atom is -0.393 e. The topological polar surface area (TPSA) is 40.5 Å². The molecule has 2 unspecified atom stereocenters. The molecule has 1 aliphatic carbocycles. The first-order valence-corrected chi connectivity index (χ1v) is 8.61. The first-order valence-electron chi connectivity index (χ1n) is 7.73. The van der Waals surface area contributed by atoms with Crippen LogP contribution in [-0.2, 0) is 0 Å². The number of carbonyl (C=O) groups excluding carboxylic acids is 1. The molecule has 1 aromatic carbocycles. The fraction of sp³-hybridized carbons (Fsp3) is 0.389. The van der Waals surface area contributed by atoms with Gasteiger partial charge in [-0.15, -0.1) is 11.3 Å². The Morgan fingerprint density at radius 1 is 1.27 bits per heavy atom. The van der Waals surface area contributed by atoms with Crippen LogP contribution in [-0.4, -0.2) is 35.6 Å². The van der Waals surface area contributed by atoms with Crippen LogP contribution in [0.15, 0.2) is 41.8 Å². The van der Waals surface area contributed by atoms with Crippen LogP contribution in [0.25, 0.3) is 11.1 Å². The summed E-state index contributed by atoms with van der Waals surface area (Å²) in [5, 5.41) is 11.9. The van der Waals surface area contributed by atoms with Gasteiger partial charge in [0.25, 0.3) is 5.91 Å². The maximum atomic E-state index is 12.7. The summed E-state index contributed by atoms with van der Waals surface area (Å²) in [6.07, 6.45) is 2.67. The molecule has 1 saturated carbocycles. The van der Waals surface area contributed by atoms with Crippen LogP contribution in [0.2, 0.25) is 0 Å². The third-order valence-corrected chi connectivity index (χ3v) is 5.32. The lowest BCUT2D eigenvalue weighted by Crippen LogP contribution is -2.34. The van der Waals surface area contributed by atoms with Crippen LogP contribution in [0.4, 0.5) is 0 Å². The average Bonchev–Trinajstić information content (AvgIpc) is 3.17. The molecule has 0 aliphatic heterocycles. The number of nitrogens with zero attached hydrogens (tertiary/aromatic N) is 1. The first-order chi connectivity index (χ1) is 10.7. The lowest BCUT2D eigenvalue weighted by atomic mass is 10.0. The number of amides is 1. The van der Waals surface area contributed by atoms with Crippen molar-refractivity contribution in [3.05, 3.63) is 46.7 Å². The molecule has 1 amide bonds. The molecule has 2 aromatic rings. The van der Waals surface area contributed by atoms with Crippen molar-refractivity contribution in [2.75, 3.05) is 13.6 Å². The molecule has 1 aliphatic rings. The van der Waals surface area contributed by atoms with Gasteiger partial charge >= 0.3 is 0 Å². The van der Waals surface area contributed by atoms with Gasteiger partial charge in [0.1, 0.15) is 0 Å². The summed E-state index contributed by atoms with van der Waals surface area (Å²) >= 11 is 1.49. The van der Waals surface area contributed by atoms with Crippen LogP contribution in [0.1, 0.15) is 28.9 Å². The Kier molecular flexibility index (Phi) is 4.60. The lowest BCUT2D eigenvalue weighted by molar-refractivity contribution is 0.0698. The maximum Gasteiger partial charge on any atom is 0.264 e. The summed E-state index contributed by atoms with van der Waals surface area (Å²) < 4.78 is 0. The number of carbonyl (C=O) groups is 1. The van der Waals surface area contributed by atoms with E-state index in [1.807, 2.05) is 48.8 Å². The highest BCUT2D eigenvalue weighted by Gasteiger charge is 2.28. The molecular formula is C18H21NO2S. The van der Waals surface area contributed by atoms with E-state index < -0.39 is 0 Å². The molecule has 22 heavy (non-hydrogen) atoms. The Balaban J connectivity index is 1.77. The summed E-state index contributed by atoms with van der Waals surface area (Å²) in [4.78, 5) is 15.3. The van der Waals surface area contributed by atoms with Crippen molar-refractivity contribution in [3.63, 3.8) is 0 Å². The third-order valence-electron chi connectivity index (χ3n) is 4.42. The van der Waals surface area contributed by atoms with Gasteiger partial charge in [-0.2, -0.15) is 0 Å². The van der Waals surface area contributed by atoms with E-state index in [0.717, 1.165) is 35.3 Å². The van der Waals surface area contributed by atoms with Crippen molar-refractivity contribution in [2.45, 2.75) is 25.4 Å². The number of thiophene rings is 1. The monoisotopic (exact) mass is 315 g/mol. The number of aliphatic hydroxyl groups is 1. The molecule has 3 nitrogen and oxygen atoms in total. The van der Waals surface area contributed by atoms with E-state index >= 15 is 0 Å². The zero-order chi connectivity index (χ0) is 15.5. The Bertz CT molecular complexity index is 638. The first kappa shape index (κ1) is 15.3. The van der Waals surface area contributed by atoms with Crippen molar-refractivity contribution < 1.29 is 9.90 Å². The van der Waals surface area contributed by atoms with Crippen LogP contribution in [0, 0.1) is 5.92 Å². The second kappa shape index (κ2) is 6.63. The Labute approximate surface area is 135 Å². The number of aliphatic hydroxyl groups excluding tert-OH is 1. The van der Waals surface area contributed by atoms with Crippen LogP contribution < -0.4 is 0 Å².